The van der Waals surface area contributed by atoms with Crippen LogP contribution in [0, 0.1) is 5.92 Å². The quantitative estimate of drug-likeness (QED) is 0.888. The minimum absolute atomic E-state index is 0.0739. The molecule has 3 rings (SSSR count). The standard InChI is InChI=1S/C16H22ClNO/c17-13-5-6-15-12(9-13)4-7-16(15)18-10-11-2-1-3-14(19)8-11/h5-6,9,11,14,16,18-19H,1-4,7-8,10H2. The van der Waals surface area contributed by atoms with E-state index in [9.17, 15) is 5.11 Å². The molecule has 0 radical (unpaired) electrons. The van der Waals surface area contributed by atoms with Crippen molar-refractivity contribution in [2.45, 2.75) is 50.7 Å². The predicted molar refractivity (Wildman–Crippen MR) is 78.5 cm³/mol. The van der Waals surface area contributed by atoms with E-state index in [-0.39, 0.29) is 6.10 Å². The van der Waals surface area contributed by atoms with Crippen LogP contribution in [0.4, 0.5) is 0 Å². The Labute approximate surface area is 120 Å². The molecule has 2 aliphatic carbocycles. The van der Waals surface area contributed by atoms with Gasteiger partial charge in [0, 0.05) is 11.1 Å². The average Bonchev–Trinajstić information content (AvgIpc) is 2.78. The van der Waals surface area contributed by atoms with Gasteiger partial charge in [-0.05, 0) is 67.8 Å². The fraction of sp³-hybridized carbons (Fsp3) is 0.625. The summed E-state index contributed by atoms with van der Waals surface area (Å²) in [4.78, 5) is 0. The zero-order valence-corrected chi connectivity index (χ0v) is 12.0. The average molecular weight is 280 g/mol. The number of benzene rings is 1. The second-order valence-corrected chi connectivity index (χ2v) is 6.47. The van der Waals surface area contributed by atoms with E-state index in [0.29, 0.717) is 12.0 Å². The van der Waals surface area contributed by atoms with E-state index in [2.05, 4.69) is 17.4 Å². The lowest BCUT2D eigenvalue weighted by Crippen LogP contribution is -2.30. The molecule has 104 valence electrons. The molecule has 3 unspecified atom stereocenters. The molecule has 3 atom stereocenters. The maximum absolute atomic E-state index is 9.72. The van der Waals surface area contributed by atoms with Gasteiger partial charge in [0.1, 0.15) is 0 Å². The van der Waals surface area contributed by atoms with Crippen molar-refractivity contribution in [2.75, 3.05) is 6.54 Å². The molecule has 1 aromatic carbocycles. The smallest absolute Gasteiger partial charge is 0.0543 e. The first kappa shape index (κ1) is 13.4. The Hall–Kier alpha value is -0.570. The lowest BCUT2D eigenvalue weighted by molar-refractivity contribution is 0.0996. The molecule has 0 heterocycles. The number of hydrogen-bond acceptors (Lipinski definition) is 2. The van der Waals surface area contributed by atoms with Crippen LogP contribution in [0.3, 0.4) is 0 Å². The summed E-state index contributed by atoms with van der Waals surface area (Å²) < 4.78 is 0. The third-order valence-electron chi connectivity index (χ3n) is 4.59. The molecule has 1 aromatic rings. The van der Waals surface area contributed by atoms with E-state index in [1.165, 1.54) is 30.4 Å². The van der Waals surface area contributed by atoms with E-state index in [0.717, 1.165) is 30.8 Å². The number of nitrogens with one attached hydrogen (secondary N) is 1. The number of aliphatic hydroxyl groups excluding tert-OH is 1. The van der Waals surface area contributed by atoms with Gasteiger partial charge < -0.3 is 10.4 Å². The summed E-state index contributed by atoms with van der Waals surface area (Å²) >= 11 is 6.04. The Morgan fingerprint density at radius 2 is 2.16 bits per heavy atom. The third kappa shape index (κ3) is 3.13. The molecule has 1 saturated carbocycles. The summed E-state index contributed by atoms with van der Waals surface area (Å²) in [6.45, 7) is 1.03. The Morgan fingerprint density at radius 1 is 1.26 bits per heavy atom. The monoisotopic (exact) mass is 279 g/mol. The number of rotatable bonds is 3. The second-order valence-electron chi connectivity index (χ2n) is 6.03. The largest absolute Gasteiger partial charge is 0.393 e. The van der Waals surface area contributed by atoms with Gasteiger partial charge in [0.25, 0.3) is 0 Å². The maximum Gasteiger partial charge on any atom is 0.0543 e. The second kappa shape index (κ2) is 5.82. The molecule has 0 aliphatic heterocycles. The molecule has 3 heteroatoms. The normalized spacial score (nSPS) is 30.3. The zero-order valence-electron chi connectivity index (χ0n) is 11.2. The van der Waals surface area contributed by atoms with Crippen molar-refractivity contribution in [1.82, 2.24) is 5.32 Å². The van der Waals surface area contributed by atoms with Crippen LogP contribution in [0.25, 0.3) is 0 Å². The van der Waals surface area contributed by atoms with E-state index in [1.54, 1.807) is 0 Å². The number of hydrogen-bond donors (Lipinski definition) is 2. The first-order chi connectivity index (χ1) is 9.22. The highest BCUT2D eigenvalue weighted by Crippen LogP contribution is 2.33. The summed E-state index contributed by atoms with van der Waals surface area (Å²) in [5, 5.41) is 14.3. The highest BCUT2D eigenvalue weighted by Gasteiger charge is 2.25. The van der Waals surface area contributed by atoms with Crippen LogP contribution < -0.4 is 5.32 Å². The number of aryl methyl sites for hydroxylation is 1. The van der Waals surface area contributed by atoms with Gasteiger partial charge in [-0.15, -0.1) is 0 Å². The summed E-state index contributed by atoms with van der Waals surface area (Å²) in [6, 6.07) is 6.73. The number of aliphatic hydroxyl groups is 1. The summed E-state index contributed by atoms with van der Waals surface area (Å²) in [7, 11) is 0. The van der Waals surface area contributed by atoms with Crippen molar-refractivity contribution in [3.8, 4) is 0 Å². The summed E-state index contributed by atoms with van der Waals surface area (Å²) in [6.07, 6.45) is 6.60. The first-order valence-corrected chi connectivity index (χ1v) is 7.80. The van der Waals surface area contributed by atoms with Crippen molar-refractivity contribution in [3.63, 3.8) is 0 Å². The molecule has 1 fully saturated rings. The van der Waals surface area contributed by atoms with Crippen molar-refractivity contribution < 1.29 is 5.11 Å². The van der Waals surface area contributed by atoms with E-state index < -0.39 is 0 Å². The third-order valence-corrected chi connectivity index (χ3v) is 4.83. The molecular formula is C16H22ClNO. The van der Waals surface area contributed by atoms with Gasteiger partial charge in [-0.25, -0.2) is 0 Å². The molecule has 0 saturated heterocycles. The van der Waals surface area contributed by atoms with Crippen LogP contribution in [-0.2, 0) is 6.42 Å². The molecule has 0 spiro atoms. The zero-order chi connectivity index (χ0) is 13.2. The Balaban J connectivity index is 1.57. The maximum atomic E-state index is 9.72. The van der Waals surface area contributed by atoms with Gasteiger partial charge in [-0.2, -0.15) is 0 Å². The lowest BCUT2D eigenvalue weighted by atomic mass is 9.87. The van der Waals surface area contributed by atoms with Gasteiger partial charge in [0.15, 0.2) is 0 Å². The number of halogens is 1. The molecule has 2 aliphatic rings. The van der Waals surface area contributed by atoms with Crippen molar-refractivity contribution in [2.24, 2.45) is 5.92 Å². The van der Waals surface area contributed by atoms with Crippen molar-refractivity contribution >= 4 is 11.6 Å². The van der Waals surface area contributed by atoms with Gasteiger partial charge in [0.05, 0.1) is 6.10 Å². The van der Waals surface area contributed by atoms with E-state index in [1.807, 2.05) is 6.07 Å². The summed E-state index contributed by atoms with van der Waals surface area (Å²) in [5.41, 5.74) is 2.81. The molecular weight excluding hydrogens is 258 g/mol. The van der Waals surface area contributed by atoms with Crippen LogP contribution in [0.1, 0.15) is 49.3 Å². The Bertz CT molecular complexity index is 448. The molecule has 2 nitrogen and oxygen atoms in total. The van der Waals surface area contributed by atoms with Crippen LogP contribution >= 0.6 is 11.6 Å². The van der Waals surface area contributed by atoms with Gasteiger partial charge >= 0.3 is 0 Å². The highest BCUT2D eigenvalue weighted by atomic mass is 35.5. The Kier molecular flexibility index (Phi) is 4.11. The van der Waals surface area contributed by atoms with Crippen LogP contribution in [0.2, 0.25) is 5.02 Å². The topological polar surface area (TPSA) is 32.3 Å². The lowest BCUT2D eigenvalue weighted by Gasteiger charge is -2.27. The van der Waals surface area contributed by atoms with Crippen LogP contribution in [-0.4, -0.2) is 17.8 Å². The van der Waals surface area contributed by atoms with Crippen LogP contribution in [0.15, 0.2) is 18.2 Å². The SMILES string of the molecule is OC1CCCC(CNC2CCc3cc(Cl)ccc32)C1. The molecule has 19 heavy (non-hydrogen) atoms. The number of fused-ring (bicyclic) bond motifs is 1. The van der Waals surface area contributed by atoms with Gasteiger partial charge in [0.2, 0.25) is 0 Å². The first-order valence-electron chi connectivity index (χ1n) is 7.42. The predicted octanol–water partition coefficient (Wildman–Crippen LogP) is 3.47. The minimum Gasteiger partial charge on any atom is -0.393 e. The molecule has 0 bridgehead atoms. The van der Waals surface area contributed by atoms with Crippen molar-refractivity contribution in [1.29, 1.82) is 0 Å². The fourth-order valence-corrected chi connectivity index (χ4v) is 3.75. The van der Waals surface area contributed by atoms with Crippen LogP contribution in [0.5, 0.6) is 0 Å². The fourth-order valence-electron chi connectivity index (χ4n) is 3.56. The highest BCUT2D eigenvalue weighted by molar-refractivity contribution is 6.30. The van der Waals surface area contributed by atoms with Gasteiger partial charge in [-0.1, -0.05) is 24.1 Å². The van der Waals surface area contributed by atoms with E-state index in [4.69, 9.17) is 11.6 Å². The van der Waals surface area contributed by atoms with Crippen molar-refractivity contribution in [3.05, 3.63) is 34.3 Å². The van der Waals surface area contributed by atoms with E-state index >= 15 is 0 Å². The summed E-state index contributed by atoms with van der Waals surface area (Å²) in [5.74, 6) is 0.639. The Morgan fingerprint density at radius 3 is 3.00 bits per heavy atom. The minimum atomic E-state index is -0.0739. The molecule has 2 N–H and O–H groups in total. The molecule has 0 amide bonds. The molecule has 0 aromatic heterocycles. The van der Waals surface area contributed by atoms with Gasteiger partial charge in [-0.3, -0.25) is 0 Å².